The summed E-state index contributed by atoms with van der Waals surface area (Å²) in [5.41, 5.74) is -0.160. The van der Waals surface area contributed by atoms with E-state index >= 15 is 0 Å². The number of hydrogen-bond acceptors (Lipinski definition) is 4. The zero-order chi connectivity index (χ0) is 14.2. The molecule has 1 aliphatic rings. The summed E-state index contributed by atoms with van der Waals surface area (Å²) >= 11 is 0. The fourth-order valence-electron chi connectivity index (χ4n) is 1.85. The average Bonchev–Trinajstić information content (AvgIpc) is 3.15. The molecule has 1 aliphatic carbocycles. The minimum absolute atomic E-state index is 0.205. The molecule has 1 heterocycles. The lowest BCUT2D eigenvalue weighted by Crippen LogP contribution is -2.07. The van der Waals surface area contributed by atoms with Gasteiger partial charge in [-0.3, -0.25) is 0 Å². The van der Waals surface area contributed by atoms with Gasteiger partial charge in [-0.25, -0.2) is 0 Å². The molecular formula is C13H12F3N3O. The second kappa shape index (κ2) is 4.81. The molecule has 1 aromatic carbocycles. The number of halogens is 3. The molecule has 1 fully saturated rings. The molecule has 0 bridgehead atoms. The van der Waals surface area contributed by atoms with Gasteiger partial charge in [-0.15, -0.1) is 0 Å². The first-order valence-electron chi connectivity index (χ1n) is 6.26. The summed E-state index contributed by atoms with van der Waals surface area (Å²) in [6.07, 6.45) is -2.21. The molecule has 4 nitrogen and oxygen atoms in total. The first kappa shape index (κ1) is 13.0. The molecule has 0 radical (unpaired) electrons. The second-order valence-corrected chi connectivity index (χ2v) is 4.78. The molecule has 0 aliphatic heterocycles. The van der Waals surface area contributed by atoms with Gasteiger partial charge in [0.1, 0.15) is 0 Å². The van der Waals surface area contributed by atoms with Gasteiger partial charge in [-0.2, -0.15) is 18.2 Å². The third-order valence-electron chi connectivity index (χ3n) is 3.08. The normalized spacial score (nSPS) is 15.3. The molecule has 7 heteroatoms. The molecule has 0 spiro atoms. The third kappa shape index (κ3) is 2.92. The summed E-state index contributed by atoms with van der Waals surface area (Å²) < 4.78 is 42.7. The largest absolute Gasteiger partial charge is 0.416 e. The SMILES string of the molecule is FC(F)(F)c1cccc(CNc2nc(C3CC3)no2)c1. The Kier molecular flexibility index (Phi) is 3.11. The number of nitrogens with one attached hydrogen (secondary N) is 1. The number of rotatable bonds is 4. The smallest absolute Gasteiger partial charge is 0.334 e. The van der Waals surface area contributed by atoms with Crippen LogP contribution in [0.4, 0.5) is 19.2 Å². The van der Waals surface area contributed by atoms with Crippen molar-refractivity contribution in [2.24, 2.45) is 0 Å². The molecule has 2 aromatic rings. The fourth-order valence-corrected chi connectivity index (χ4v) is 1.85. The van der Waals surface area contributed by atoms with Crippen LogP contribution in [0.5, 0.6) is 0 Å². The lowest BCUT2D eigenvalue weighted by Gasteiger charge is -2.08. The summed E-state index contributed by atoms with van der Waals surface area (Å²) in [5, 5.41) is 6.65. The Morgan fingerprint density at radius 3 is 2.80 bits per heavy atom. The fraction of sp³-hybridized carbons (Fsp3) is 0.385. The van der Waals surface area contributed by atoms with Gasteiger partial charge >= 0.3 is 12.2 Å². The first-order chi connectivity index (χ1) is 9.52. The standard InChI is InChI=1S/C13H12F3N3O/c14-13(15,16)10-3-1-2-8(6-10)7-17-12-18-11(19-20-12)9-4-5-9/h1-3,6,9H,4-5,7H2,(H,17,18,19). The van der Waals surface area contributed by atoms with Gasteiger partial charge in [-0.1, -0.05) is 17.3 Å². The van der Waals surface area contributed by atoms with Crippen LogP contribution in [0.25, 0.3) is 0 Å². The van der Waals surface area contributed by atoms with Gasteiger partial charge in [0.25, 0.3) is 0 Å². The minimum atomic E-state index is -4.33. The van der Waals surface area contributed by atoms with Crippen LogP contribution in [-0.4, -0.2) is 10.1 Å². The number of benzene rings is 1. The molecule has 0 saturated heterocycles. The average molecular weight is 283 g/mol. The predicted octanol–water partition coefficient (Wildman–Crippen LogP) is 3.58. The Balaban J connectivity index is 1.65. The molecule has 106 valence electrons. The number of alkyl halides is 3. The van der Waals surface area contributed by atoms with Crippen molar-refractivity contribution in [1.82, 2.24) is 10.1 Å². The highest BCUT2D eigenvalue weighted by Crippen LogP contribution is 2.38. The Bertz CT molecular complexity index is 605. The predicted molar refractivity (Wildman–Crippen MR) is 65.0 cm³/mol. The first-order valence-corrected chi connectivity index (χ1v) is 6.26. The lowest BCUT2D eigenvalue weighted by molar-refractivity contribution is -0.137. The van der Waals surface area contributed by atoms with Crippen LogP contribution in [0, 0.1) is 0 Å². The maximum absolute atomic E-state index is 12.6. The van der Waals surface area contributed by atoms with E-state index in [2.05, 4.69) is 15.5 Å². The van der Waals surface area contributed by atoms with Gasteiger partial charge in [0.2, 0.25) is 0 Å². The van der Waals surface area contributed by atoms with Crippen LogP contribution >= 0.6 is 0 Å². The van der Waals surface area contributed by atoms with E-state index in [0.717, 1.165) is 25.0 Å². The van der Waals surface area contributed by atoms with Gasteiger partial charge < -0.3 is 9.84 Å². The summed E-state index contributed by atoms with van der Waals surface area (Å²) in [5.74, 6) is 1.04. The zero-order valence-corrected chi connectivity index (χ0v) is 10.4. The van der Waals surface area contributed by atoms with Crippen molar-refractivity contribution in [3.63, 3.8) is 0 Å². The summed E-state index contributed by atoms with van der Waals surface area (Å²) in [6, 6.07) is 5.38. The lowest BCUT2D eigenvalue weighted by atomic mass is 10.1. The Morgan fingerprint density at radius 1 is 1.30 bits per heavy atom. The van der Waals surface area contributed by atoms with Crippen molar-refractivity contribution in [3.05, 3.63) is 41.2 Å². The molecule has 3 rings (SSSR count). The molecule has 20 heavy (non-hydrogen) atoms. The maximum atomic E-state index is 12.6. The van der Waals surface area contributed by atoms with Crippen molar-refractivity contribution < 1.29 is 17.7 Å². The van der Waals surface area contributed by atoms with Crippen molar-refractivity contribution in [2.75, 3.05) is 5.32 Å². The summed E-state index contributed by atoms with van der Waals surface area (Å²) in [7, 11) is 0. The third-order valence-corrected chi connectivity index (χ3v) is 3.08. The van der Waals surface area contributed by atoms with Crippen molar-refractivity contribution in [1.29, 1.82) is 0 Å². The number of nitrogens with zero attached hydrogens (tertiary/aromatic N) is 2. The van der Waals surface area contributed by atoms with E-state index < -0.39 is 11.7 Å². The van der Waals surface area contributed by atoms with Crippen LogP contribution in [0.3, 0.4) is 0 Å². The van der Waals surface area contributed by atoms with Crippen LogP contribution in [0.1, 0.15) is 35.7 Å². The van der Waals surface area contributed by atoms with Crippen LogP contribution < -0.4 is 5.32 Å². The summed E-state index contributed by atoms with van der Waals surface area (Å²) in [4.78, 5) is 4.15. The van der Waals surface area contributed by atoms with E-state index in [0.29, 0.717) is 17.3 Å². The molecule has 0 unspecified atom stereocenters. The van der Waals surface area contributed by atoms with Gasteiger partial charge in [-0.05, 0) is 30.5 Å². The van der Waals surface area contributed by atoms with Crippen LogP contribution in [0.15, 0.2) is 28.8 Å². The van der Waals surface area contributed by atoms with E-state index in [4.69, 9.17) is 4.52 Å². The highest BCUT2D eigenvalue weighted by Gasteiger charge is 2.30. The monoisotopic (exact) mass is 283 g/mol. The van der Waals surface area contributed by atoms with Crippen LogP contribution in [-0.2, 0) is 12.7 Å². The highest BCUT2D eigenvalue weighted by molar-refractivity contribution is 5.29. The Hall–Kier alpha value is -2.05. The molecule has 1 saturated carbocycles. The second-order valence-electron chi connectivity index (χ2n) is 4.78. The molecular weight excluding hydrogens is 271 g/mol. The molecule has 0 amide bonds. The van der Waals surface area contributed by atoms with Gasteiger partial charge in [0, 0.05) is 12.5 Å². The maximum Gasteiger partial charge on any atom is 0.416 e. The van der Waals surface area contributed by atoms with E-state index in [1.54, 1.807) is 6.07 Å². The minimum Gasteiger partial charge on any atom is -0.334 e. The van der Waals surface area contributed by atoms with E-state index in [9.17, 15) is 13.2 Å². The topological polar surface area (TPSA) is 51.0 Å². The number of anilines is 1. The number of hydrogen-bond donors (Lipinski definition) is 1. The van der Waals surface area contributed by atoms with Crippen LogP contribution in [0.2, 0.25) is 0 Å². The molecule has 1 N–H and O–H groups in total. The number of aromatic nitrogens is 2. The zero-order valence-electron chi connectivity index (χ0n) is 10.4. The quantitative estimate of drug-likeness (QED) is 0.931. The van der Waals surface area contributed by atoms with Gasteiger partial charge in [0.15, 0.2) is 5.82 Å². The van der Waals surface area contributed by atoms with Gasteiger partial charge in [0.05, 0.1) is 5.56 Å². The van der Waals surface area contributed by atoms with E-state index in [1.165, 1.54) is 6.07 Å². The Morgan fingerprint density at radius 2 is 2.10 bits per heavy atom. The van der Waals surface area contributed by atoms with E-state index in [1.807, 2.05) is 0 Å². The molecule has 0 atom stereocenters. The Labute approximate surface area is 113 Å². The van der Waals surface area contributed by atoms with Crippen molar-refractivity contribution >= 4 is 6.01 Å². The summed E-state index contributed by atoms with van der Waals surface area (Å²) in [6.45, 7) is 0.205. The molecule has 1 aromatic heterocycles. The van der Waals surface area contributed by atoms with E-state index in [-0.39, 0.29) is 12.6 Å². The van der Waals surface area contributed by atoms with Crippen molar-refractivity contribution in [2.45, 2.75) is 31.5 Å². The van der Waals surface area contributed by atoms with Crippen molar-refractivity contribution in [3.8, 4) is 0 Å². The highest BCUT2D eigenvalue weighted by atomic mass is 19.4.